The highest BCUT2D eigenvalue weighted by atomic mass is 14.6. The fraction of sp³-hybridized carbons (Fsp3) is 0.417. The number of nitrogens with zero attached hydrogens (tertiary/aromatic N) is 1. The van der Waals surface area contributed by atoms with Crippen molar-refractivity contribution in [3.05, 3.63) is 35.4 Å². The molecule has 0 bridgehead atoms. The van der Waals surface area contributed by atoms with E-state index in [1.165, 1.54) is 5.56 Å². The average Bonchev–Trinajstić information content (AvgIpc) is 2.30. The van der Waals surface area contributed by atoms with E-state index in [-0.39, 0.29) is 0 Å². The first kappa shape index (κ1) is 11.7. The highest BCUT2D eigenvalue weighted by Gasteiger charge is 2.15. The molecule has 1 aromatic carbocycles. The molecule has 0 aliphatic heterocycles. The van der Waals surface area contributed by atoms with E-state index in [2.05, 4.69) is 13.0 Å². The largest absolute Gasteiger partial charge is 0.330 e. The molecule has 0 aromatic heterocycles. The summed E-state index contributed by atoms with van der Waals surface area (Å²) in [6, 6.07) is 9.71. The Hall–Kier alpha value is -1.37. The van der Waals surface area contributed by atoms with Gasteiger partial charge >= 0.3 is 0 Å². The van der Waals surface area contributed by atoms with Crippen molar-refractivity contribution in [1.29, 1.82) is 5.26 Å². The Balaban J connectivity index is 2.82. The first-order valence-corrected chi connectivity index (χ1v) is 5.13. The van der Waals surface area contributed by atoms with Gasteiger partial charge in [0.25, 0.3) is 0 Å². The maximum absolute atomic E-state index is 8.68. The minimum atomic E-state index is 0.304. The molecule has 1 aromatic rings. The number of hydrogen-bond donors (Lipinski definition) is 2. The third-order valence-electron chi connectivity index (χ3n) is 2.88. The Morgan fingerprint density at radius 1 is 1.20 bits per heavy atom. The van der Waals surface area contributed by atoms with E-state index >= 15 is 0 Å². The van der Waals surface area contributed by atoms with Crippen molar-refractivity contribution in [1.82, 2.24) is 0 Å². The van der Waals surface area contributed by atoms with Crippen LogP contribution in [0.5, 0.6) is 0 Å². The summed E-state index contributed by atoms with van der Waals surface area (Å²) in [5.74, 6) is 0.644. The third-order valence-corrected chi connectivity index (χ3v) is 2.88. The van der Waals surface area contributed by atoms with Gasteiger partial charge in [-0.25, -0.2) is 0 Å². The van der Waals surface area contributed by atoms with Crippen LogP contribution >= 0.6 is 0 Å². The van der Waals surface area contributed by atoms with Crippen LogP contribution in [0, 0.1) is 17.2 Å². The maximum Gasteiger partial charge on any atom is 0.0991 e. The predicted molar refractivity (Wildman–Crippen MR) is 61.2 cm³/mol. The third kappa shape index (κ3) is 2.79. The van der Waals surface area contributed by atoms with Crippen molar-refractivity contribution >= 4 is 0 Å². The molecule has 0 heterocycles. The quantitative estimate of drug-likeness (QED) is 0.772. The average molecular weight is 203 g/mol. The van der Waals surface area contributed by atoms with Crippen molar-refractivity contribution in [3.8, 4) is 6.07 Å². The number of benzene rings is 1. The summed E-state index contributed by atoms with van der Waals surface area (Å²) in [5.41, 5.74) is 13.2. The Morgan fingerprint density at radius 2 is 1.73 bits per heavy atom. The molecular formula is C12H17N3. The van der Waals surface area contributed by atoms with E-state index in [4.69, 9.17) is 16.7 Å². The van der Waals surface area contributed by atoms with Gasteiger partial charge in [0.2, 0.25) is 0 Å². The van der Waals surface area contributed by atoms with Gasteiger partial charge < -0.3 is 11.5 Å². The van der Waals surface area contributed by atoms with Gasteiger partial charge in [0, 0.05) is 0 Å². The van der Waals surface area contributed by atoms with Crippen LogP contribution in [0.1, 0.15) is 24.0 Å². The van der Waals surface area contributed by atoms with Gasteiger partial charge in [0.15, 0.2) is 0 Å². The molecule has 0 saturated heterocycles. The lowest BCUT2D eigenvalue weighted by atomic mass is 9.87. The number of nitriles is 1. The van der Waals surface area contributed by atoms with Gasteiger partial charge in [0.05, 0.1) is 11.6 Å². The van der Waals surface area contributed by atoms with Crippen LogP contribution in [0.2, 0.25) is 0 Å². The Morgan fingerprint density at radius 3 is 2.13 bits per heavy atom. The molecule has 80 valence electrons. The molecule has 1 unspecified atom stereocenters. The fourth-order valence-electron chi connectivity index (χ4n) is 1.64. The zero-order valence-corrected chi connectivity index (χ0v) is 8.98. The van der Waals surface area contributed by atoms with Crippen LogP contribution in [0.15, 0.2) is 24.3 Å². The maximum atomic E-state index is 8.68. The molecule has 3 heteroatoms. The van der Waals surface area contributed by atoms with E-state index in [1.807, 2.05) is 24.3 Å². The first-order valence-electron chi connectivity index (χ1n) is 5.13. The smallest absolute Gasteiger partial charge is 0.0991 e. The van der Waals surface area contributed by atoms with E-state index in [1.54, 1.807) is 0 Å². The zero-order chi connectivity index (χ0) is 11.3. The van der Waals surface area contributed by atoms with Crippen molar-refractivity contribution in [2.45, 2.75) is 12.8 Å². The van der Waals surface area contributed by atoms with Gasteiger partial charge in [0.1, 0.15) is 0 Å². The first-order chi connectivity index (χ1) is 7.22. The standard InChI is InChI=1S/C12H17N3/c1-9(12(7-14)8-15)11-4-2-10(6-13)3-5-11/h2-5,9,12H,7-8,14-15H2,1H3. The molecule has 3 nitrogen and oxygen atoms in total. The van der Waals surface area contributed by atoms with Crippen LogP contribution in [-0.4, -0.2) is 13.1 Å². The molecule has 0 amide bonds. The van der Waals surface area contributed by atoms with Gasteiger partial charge in [-0.2, -0.15) is 5.26 Å². The second-order valence-corrected chi connectivity index (χ2v) is 3.75. The Labute approximate surface area is 90.7 Å². The van der Waals surface area contributed by atoms with Crippen molar-refractivity contribution in [3.63, 3.8) is 0 Å². The molecule has 0 aliphatic carbocycles. The Bertz CT molecular complexity index is 333. The number of hydrogen-bond acceptors (Lipinski definition) is 3. The summed E-state index contributed by atoms with van der Waals surface area (Å²) in [6.45, 7) is 3.31. The van der Waals surface area contributed by atoms with Gasteiger partial charge in [-0.3, -0.25) is 0 Å². The SMILES string of the molecule is CC(c1ccc(C#N)cc1)C(CN)CN. The summed E-state index contributed by atoms with van der Waals surface area (Å²) >= 11 is 0. The fourth-order valence-corrected chi connectivity index (χ4v) is 1.64. The van der Waals surface area contributed by atoms with E-state index < -0.39 is 0 Å². The lowest BCUT2D eigenvalue weighted by molar-refractivity contribution is 0.466. The normalized spacial score (nSPS) is 12.5. The lowest BCUT2D eigenvalue weighted by Crippen LogP contribution is -2.27. The molecule has 1 rings (SSSR count). The minimum absolute atomic E-state index is 0.304. The molecule has 15 heavy (non-hydrogen) atoms. The molecule has 4 N–H and O–H groups in total. The summed E-state index contributed by atoms with van der Waals surface area (Å²) in [6.07, 6.45) is 0. The van der Waals surface area contributed by atoms with E-state index in [0.717, 1.165) is 0 Å². The second-order valence-electron chi connectivity index (χ2n) is 3.75. The molecule has 1 atom stereocenters. The predicted octanol–water partition coefficient (Wildman–Crippen LogP) is 1.20. The monoisotopic (exact) mass is 203 g/mol. The van der Waals surface area contributed by atoms with E-state index in [0.29, 0.717) is 30.5 Å². The van der Waals surface area contributed by atoms with Crippen LogP contribution in [-0.2, 0) is 0 Å². The van der Waals surface area contributed by atoms with Crippen molar-refractivity contribution in [2.24, 2.45) is 17.4 Å². The summed E-state index contributed by atoms with van der Waals surface area (Å²) in [4.78, 5) is 0. The minimum Gasteiger partial charge on any atom is -0.330 e. The van der Waals surface area contributed by atoms with Gasteiger partial charge in [-0.1, -0.05) is 19.1 Å². The van der Waals surface area contributed by atoms with Crippen LogP contribution in [0.3, 0.4) is 0 Å². The van der Waals surface area contributed by atoms with Crippen molar-refractivity contribution < 1.29 is 0 Å². The molecule has 0 radical (unpaired) electrons. The molecule has 0 spiro atoms. The number of rotatable bonds is 4. The highest BCUT2D eigenvalue weighted by Crippen LogP contribution is 2.23. The summed E-state index contributed by atoms with van der Waals surface area (Å²) in [7, 11) is 0. The number of nitrogens with two attached hydrogens (primary N) is 2. The van der Waals surface area contributed by atoms with Crippen LogP contribution in [0.25, 0.3) is 0 Å². The topological polar surface area (TPSA) is 75.8 Å². The lowest BCUT2D eigenvalue weighted by Gasteiger charge is -2.21. The van der Waals surface area contributed by atoms with E-state index in [9.17, 15) is 0 Å². The van der Waals surface area contributed by atoms with Crippen LogP contribution < -0.4 is 11.5 Å². The molecule has 0 saturated carbocycles. The Kier molecular flexibility index (Phi) is 4.29. The van der Waals surface area contributed by atoms with Gasteiger partial charge in [-0.15, -0.1) is 0 Å². The zero-order valence-electron chi connectivity index (χ0n) is 8.98. The molecule has 0 aliphatic rings. The summed E-state index contributed by atoms with van der Waals surface area (Å²) < 4.78 is 0. The summed E-state index contributed by atoms with van der Waals surface area (Å²) in [5, 5.41) is 8.68. The molecule has 0 fully saturated rings. The highest BCUT2D eigenvalue weighted by molar-refractivity contribution is 5.33. The van der Waals surface area contributed by atoms with Crippen LogP contribution in [0.4, 0.5) is 0 Å². The van der Waals surface area contributed by atoms with Gasteiger partial charge in [-0.05, 0) is 42.6 Å². The second kappa shape index (κ2) is 5.50. The van der Waals surface area contributed by atoms with Crippen molar-refractivity contribution in [2.75, 3.05) is 13.1 Å². The molecular weight excluding hydrogens is 186 g/mol.